The number of carboxylic acid groups (broad SMARTS) is 1. The van der Waals surface area contributed by atoms with Crippen molar-refractivity contribution in [1.29, 1.82) is 0 Å². The largest absolute Gasteiger partial charge is 0.493 e. The Morgan fingerprint density at radius 1 is 1.16 bits per heavy atom. The molecule has 0 spiro atoms. The Hall–Kier alpha value is -4.64. The number of carbonyl (C=O) groups excluding carboxylic acids is 2. The number of aliphatic carboxylic acids is 1. The number of carbonyl (C=O) groups is 3. The highest BCUT2D eigenvalue weighted by molar-refractivity contribution is 6.01. The summed E-state index contributed by atoms with van der Waals surface area (Å²) in [5, 5.41) is 10.7. The molecule has 1 saturated heterocycles. The summed E-state index contributed by atoms with van der Waals surface area (Å²) in [6, 6.07) is 14.4. The molecule has 1 fully saturated rings. The Morgan fingerprint density at radius 3 is 2.76 bits per heavy atom. The van der Waals surface area contributed by atoms with Crippen LogP contribution in [0.25, 0.3) is 0 Å². The lowest BCUT2D eigenvalue weighted by Crippen LogP contribution is -2.46. The fourth-order valence-electron chi connectivity index (χ4n) is 6.86. The van der Waals surface area contributed by atoms with E-state index < -0.39 is 23.8 Å². The van der Waals surface area contributed by atoms with Crippen molar-refractivity contribution < 1.29 is 33.7 Å². The van der Waals surface area contributed by atoms with E-state index in [0.717, 1.165) is 29.7 Å². The molecule has 0 bridgehead atoms. The Morgan fingerprint density at radius 2 is 2.00 bits per heavy atom. The summed E-state index contributed by atoms with van der Waals surface area (Å²) in [6.45, 7) is 3.35. The summed E-state index contributed by atoms with van der Waals surface area (Å²) in [5.41, 5.74) is 3.26. The molecule has 0 saturated carbocycles. The van der Waals surface area contributed by atoms with Crippen molar-refractivity contribution in [2.75, 3.05) is 49.9 Å². The molecule has 3 aromatic rings. The lowest BCUT2D eigenvalue weighted by molar-refractivity contribution is -0.143. The molecule has 3 aliphatic rings. The quantitative estimate of drug-likeness (QED) is 0.321. The van der Waals surface area contributed by atoms with Crippen LogP contribution in [0.1, 0.15) is 43.2 Å². The Bertz CT molecular complexity index is 1570. The van der Waals surface area contributed by atoms with Gasteiger partial charge in [0.25, 0.3) is 0 Å². The molecule has 11 nitrogen and oxygen atoms in total. The fourth-order valence-corrected chi connectivity index (χ4v) is 6.86. The van der Waals surface area contributed by atoms with Gasteiger partial charge in [-0.1, -0.05) is 31.5 Å². The lowest BCUT2D eigenvalue weighted by Gasteiger charge is -2.31. The third kappa shape index (κ3) is 6.04. The van der Waals surface area contributed by atoms with E-state index in [-0.39, 0.29) is 25.2 Å². The first-order valence-corrected chi connectivity index (χ1v) is 15.4. The first-order valence-electron chi connectivity index (χ1n) is 15.4. The SMILES string of the molecule is CCCCN(C(=O)CN1C[C@H](c2cc(OC)c3c(c2)OCO3)[C@@H](C(=O)O)[C@@H]1CCN1C(=O)Cc2ccccc21)c1cccnc1. The Kier molecular flexibility index (Phi) is 8.88. The average molecular weight is 615 g/mol. The van der Waals surface area contributed by atoms with Crippen LogP contribution < -0.4 is 24.0 Å². The molecule has 2 amide bonds. The maximum atomic E-state index is 14.0. The van der Waals surface area contributed by atoms with E-state index in [2.05, 4.69) is 11.9 Å². The van der Waals surface area contributed by atoms with Crippen LogP contribution in [0.2, 0.25) is 0 Å². The van der Waals surface area contributed by atoms with E-state index in [4.69, 9.17) is 14.2 Å². The maximum Gasteiger partial charge on any atom is 0.308 e. The van der Waals surface area contributed by atoms with Crippen LogP contribution in [0.4, 0.5) is 11.4 Å². The summed E-state index contributed by atoms with van der Waals surface area (Å²) in [4.78, 5) is 49.7. The molecule has 236 valence electrons. The Balaban J connectivity index is 1.33. The van der Waals surface area contributed by atoms with Gasteiger partial charge in [-0.05, 0) is 54.3 Å². The topological polar surface area (TPSA) is 122 Å². The highest BCUT2D eigenvalue weighted by Crippen LogP contribution is 2.47. The van der Waals surface area contributed by atoms with E-state index in [0.29, 0.717) is 55.4 Å². The molecule has 6 rings (SSSR count). The molecule has 11 heteroatoms. The summed E-state index contributed by atoms with van der Waals surface area (Å²) < 4.78 is 16.8. The first kappa shape index (κ1) is 30.4. The van der Waals surface area contributed by atoms with E-state index in [1.165, 1.54) is 7.11 Å². The number of carboxylic acids is 1. The summed E-state index contributed by atoms with van der Waals surface area (Å²) >= 11 is 0. The van der Waals surface area contributed by atoms with Crippen LogP contribution in [-0.4, -0.2) is 78.9 Å². The number of para-hydroxylation sites is 1. The van der Waals surface area contributed by atoms with Crippen molar-refractivity contribution in [2.24, 2.45) is 5.92 Å². The third-order valence-electron chi connectivity index (χ3n) is 9.05. The van der Waals surface area contributed by atoms with E-state index in [1.54, 1.807) is 34.3 Å². The molecule has 0 aliphatic carbocycles. The van der Waals surface area contributed by atoms with Crippen LogP contribution in [0.3, 0.4) is 0 Å². The van der Waals surface area contributed by atoms with E-state index in [9.17, 15) is 19.5 Å². The number of hydrogen-bond donors (Lipinski definition) is 1. The van der Waals surface area contributed by atoms with Crippen molar-refractivity contribution in [3.8, 4) is 17.2 Å². The van der Waals surface area contributed by atoms with Crippen LogP contribution in [0.15, 0.2) is 60.9 Å². The van der Waals surface area contributed by atoms with Crippen LogP contribution in [0.5, 0.6) is 17.2 Å². The van der Waals surface area contributed by atoms with Crippen molar-refractivity contribution in [1.82, 2.24) is 9.88 Å². The molecule has 45 heavy (non-hydrogen) atoms. The molecule has 4 heterocycles. The van der Waals surface area contributed by atoms with E-state index >= 15 is 0 Å². The molecule has 2 aromatic carbocycles. The summed E-state index contributed by atoms with van der Waals surface area (Å²) in [5.74, 6) is -0.951. The minimum Gasteiger partial charge on any atom is -0.493 e. The highest BCUT2D eigenvalue weighted by Gasteiger charge is 2.48. The van der Waals surface area contributed by atoms with Gasteiger partial charge < -0.3 is 29.1 Å². The van der Waals surface area contributed by atoms with Gasteiger partial charge in [-0.15, -0.1) is 0 Å². The van der Waals surface area contributed by atoms with E-state index in [1.807, 2.05) is 41.3 Å². The monoisotopic (exact) mass is 614 g/mol. The molecule has 0 unspecified atom stereocenters. The second kappa shape index (κ2) is 13.2. The molecule has 1 aromatic heterocycles. The number of hydrogen-bond acceptors (Lipinski definition) is 8. The zero-order valence-electron chi connectivity index (χ0n) is 25.6. The number of nitrogens with zero attached hydrogens (tertiary/aromatic N) is 4. The van der Waals surface area contributed by atoms with Crippen LogP contribution in [0, 0.1) is 5.92 Å². The standard InChI is InChI=1S/C34H38N4O7/c1-3-4-13-37(24-9-7-12-35-18-24)31(40)20-36-19-25(23-15-28(43-2)33-29(16-23)44-21-45-33)32(34(41)42)27(36)11-14-38-26-10-6-5-8-22(26)17-30(38)39/h5-10,12,15-16,18,25,27,32H,3-4,11,13-14,17,19-21H2,1-2H3,(H,41,42)/t25-,27+,32-/m1/s1. The predicted molar refractivity (Wildman–Crippen MR) is 167 cm³/mol. The number of aromatic nitrogens is 1. The number of rotatable bonds is 12. The molecule has 1 N–H and O–H groups in total. The lowest BCUT2D eigenvalue weighted by atomic mass is 9.84. The molecule has 3 aliphatic heterocycles. The minimum atomic E-state index is -0.958. The van der Waals surface area contributed by atoms with Crippen LogP contribution >= 0.6 is 0 Å². The van der Waals surface area contributed by atoms with Gasteiger partial charge >= 0.3 is 5.97 Å². The number of likely N-dealkylation sites (tertiary alicyclic amines) is 1. The van der Waals surface area contributed by atoms with Crippen molar-refractivity contribution in [2.45, 2.75) is 44.6 Å². The number of methoxy groups -OCH3 is 1. The number of pyridine rings is 1. The molecular formula is C34H38N4O7. The van der Waals surface area contributed by atoms with Gasteiger partial charge in [-0.3, -0.25) is 24.3 Å². The number of unbranched alkanes of at least 4 members (excludes halogenated alkanes) is 1. The van der Waals surface area contributed by atoms with Crippen molar-refractivity contribution in [3.63, 3.8) is 0 Å². The van der Waals surface area contributed by atoms with Gasteiger partial charge in [0.05, 0.1) is 37.9 Å². The molecular weight excluding hydrogens is 576 g/mol. The maximum absolute atomic E-state index is 14.0. The second-order valence-electron chi connectivity index (χ2n) is 11.7. The third-order valence-corrected chi connectivity index (χ3v) is 9.05. The minimum absolute atomic E-state index is 0.0110. The smallest absolute Gasteiger partial charge is 0.308 e. The number of ether oxygens (including phenoxy) is 3. The number of amides is 2. The predicted octanol–water partition coefficient (Wildman–Crippen LogP) is 4.10. The fraction of sp³-hybridized carbons (Fsp3) is 0.412. The van der Waals surface area contributed by atoms with Crippen molar-refractivity contribution in [3.05, 3.63) is 72.1 Å². The first-order chi connectivity index (χ1) is 21.9. The number of fused-ring (bicyclic) bond motifs is 2. The Labute approximate surface area is 262 Å². The summed E-state index contributed by atoms with van der Waals surface area (Å²) in [7, 11) is 1.53. The zero-order chi connectivity index (χ0) is 31.5. The van der Waals surface area contributed by atoms with Crippen LogP contribution in [-0.2, 0) is 20.8 Å². The van der Waals surface area contributed by atoms with Gasteiger partial charge in [-0.25, -0.2) is 0 Å². The normalized spacial score (nSPS) is 20.4. The van der Waals surface area contributed by atoms with Gasteiger partial charge in [0.15, 0.2) is 11.5 Å². The van der Waals surface area contributed by atoms with Gasteiger partial charge in [0.1, 0.15) is 0 Å². The molecule has 0 radical (unpaired) electrons. The van der Waals surface area contributed by atoms with Gasteiger partial charge in [0.2, 0.25) is 24.4 Å². The highest BCUT2D eigenvalue weighted by atomic mass is 16.7. The van der Waals surface area contributed by atoms with Gasteiger partial charge in [0, 0.05) is 43.5 Å². The van der Waals surface area contributed by atoms with Crippen molar-refractivity contribution >= 4 is 29.2 Å². The molecule has 3 atom stereocenters. The van der Waals surface area contributed by atoms with Gasteiger partial charge in [-0.2, -0.15) is 0 Å². The second-order valence-corrected chi connectivity index (χ2v) is 11.7. The summed E-state index contributed by atoms with van der Waals surface area (Å²) in [6.07, 6.45) is 5.77. The average Bonchev–Trinajstić information content (AvgIpc) is 3.75. The number of anilines is 2. The number of benzene rings is 2. The zero-order valence-corrected chi connectivity index (χ0v) is 25.6.